The van der Waals surface area contributed by atoms with Crippen LogP contribution in [0.2, 0.25) is 5.02 Å². The van der Waals surface area contributed by atoms with Crippen LogP contribution in [0.5, 0.6) is 0 Å². The number of carbonyl (C=O) groups excluding carboxylic acids is 1. The van der Waals surface area contributed by atoms with Gasteiger partial charge in [0, 0.05) is 6.54 Å². The maximum atomic E-state index is 13.0. The summed E-state index contributed by atoms with van der Waals surface area (Å²) in [6, 6.07) is 15.1. The first-order chi connectivity index (χ1) is 13.9. The van der Waals surface area contributed by atoms with E-state index in [1.165, 1.54) is 25.5 Å². The number of ether oxygens (including phenoxy) is 1. The summed E-state index contributed by atoms with van der Waals surface area (Å²) in [5, 5.41) is 3.07. The molecule has 0 amide bonds. The van der Waals surface area contributed by atoms with Crippen molar-refractivity contribution in [3.8, 4) is 0 Å². The fourth-order valence-electron chi connectivity index (χ4n) is 2.63. The summed E-state index contributed by atoms with van der Waals surface area (Å²) in [6.07, 6.45) is 1.52. The topological polar surface area (TPSA) is 97.6 Å². The molecule has 0 unspecified atom stereocenters. The number of esters is 1. The molecule has 3 aromatic rings. The van der Waals surface area contributed by atoms with E-state index in [2.05, 4.69) is 10.0 Å². The van der Waals surface area contributed by atoms with Crippen molar-refractivity contribution in [1.29, 1.82) is 0 Å². The van der Waals surface area contributed by atoms with Crippen LogP contribution >= 0.6 is 11.6 Å². The van der Waals surface area contributed by atoms with Gasteiger partial charge in [0.2, 0.25) is 10.0 Å². The molecule has 0 aliphatic rings. The molecule has 2 aromatic carbocycles. The number of hydrogen-bond acceptors (Lipinski definition) is 6. The lowest BCUT2D eigenvalue weighted by Gasteiger charge is -2.15. The van der Waals surface area contributed by atoms with Crippen LogP contribution < -0.4 is 10.0 Å². The zero-order valence-corrected chi connectivity index (χ0v) is 17.1. The predicted molar refractivity (Wildman–Crippen MR) is 109 cm³/mol. The van der Waals surface area contributed by atoms with E-state index in [0.717, 1.165) is 5.56 Å². The molecule has 0 bridgehead atoms. The highest BCUT2D eigenvalue weighted by Gasteiger charge is 2.24. The summed E-state index contributed by atoms with van der Waals surface area (Å²) < 4.78 is 38.5. The minimum absolute atomic E-state index is 0.0437. The zero-order chi connectivity index (χ0) is 20.9. The zero-order valence-electron chi connectivity index (χ0n) is 15.5. The second-order valence-corrected chi connectivity index (χ2v) is 8.21. The molecule has 1 heterocycles. The molecule has 7 nitrogen and oxygen atoms in total. The number of nitrogens with one attached hydrogen (secondary N) is 2. The number of sulfonamides is 1. The van der Waals surface area contributed by atoms with Crippen LogP contribution in [0.25, 0.3) is 0 Å². The molecule has 152 valence electrons. The number of methoxy groups -OCH3 is 1. The van der Waals surface area contributed by atoms with Crippen LogP contribution in [0.4, 0.5) is 5.69 Å². The number of rotatable bonds is 8. The highest BCUT2D eigenvalue weighted by molar-refractivity contribution is 7.89. The molecule has 29 heavy (non-hydrogen) atoms. The van der Waals surface area contributed by atoms with Crippen LogP contribution in [-0.2, 0) is 27.8 Å². The number of carbonyl (C=O) groups is 1. The van der Waals surface area contributed by atoms with Gasteiger partial charge in [0.15, 0.2) is 0 Å². The normalized spacial score (nSPS) is 11.2. The monoisotopic (exact) mass is 434 g/mol. The fraction of sp³-hybridized carbons (Fsp3) is 0.150. The first kappa shape index (κ1) is 20.9. The van der Waals surface area contributed by atoms with Crippen molar-refractivity contribution in [1.82, 2.24) is 4.72 Å². The minimum Gasteiger partial charge on any atom is -0.467 e. The summed E-state index contributed by atoms with van der Waals surface area (Å²) in [4.78, 5) is 11.9. The van der Waals surface area contributed by atoms with E-state index < -0.39 is 16.0 Å². The second-order valence-electron chi connectivity index (χ2n) is 6.06. The van der Waals surface area contributed by atoms with E-state index in [-0.39, 0.29) is 34.3 Å². The Hall–Kier alpha value is -2.81. The molecule has 0 spiro atoms. The molecule has 0 radical (unpaired) electrons. The Labute approximate surface area is 173 Å². The lowest BCUT2D eigenvalue weighted by molar-refractivity contribution is 0.0600. The van der Waals surface area contributed by atoms with Gasteiger partial charge in [-0.05, 0) is 29.8 Å². The van der Waals surface area contributed by atoms with Crippen LogP contribution in [0.3, 0.4) is 0 Å². The van der Waals surface area contributed by atoms with Crippen molar-refractivity contribution in [2.75, 3.05) is 12.4 Å². The van der Waals surface area contributed by atoms with E-state index in [1.54, 1.807) is 24.3 Å². The van der Waals surface area contributed by atoms with Crippen LogP contribution in [0.15, 0.2) is 70.2 Å². The van der Waals surface area contributed by atoms with Crippen molar-refractivity contribution in [3.05, 3.63) is 82.8 Å². The van der Waals surface area contributed by atoms with Gasteiger partial charge in [0.1, 0.15) is 10.7 Å². The Morgan fingerprint density at radius 1 is 1.10 bits per heavy atom. The van der Waals surface area contributed by atoms with Gasteiger partial charge >= 0.3 is 5.97 Å². The second kappa shape index (κ2) is 9.13. The average Bonchev–Trinajstić information content (AvgIpc) is 3.24. The number of hydrogen-bond donors (Lipinski definition) is 2. The van der Waals surface area contributed by atoms with Crippen molar-refractivity contribution in [2.45, 2.75) is 18.0 Å². The number of halogens is 1. The highest BCUT2D eigenvalue weighted by Crippen LogP contribution is 2.30. The Balaban J connectivity index is 1.94. The summed E-state index contributed by atoms with van der Waals surface area (Å²) in [7, 11) is -2.77. The van der Waals surface area contributed by atoms with Gasteiger partial charge in [0.25, 0.3) is 0 Å². The molecule has 3 rings (SSSR count). The van der Waals surface area contributed by atoms with Crippen LogP contribution in [0, 0.1) is 0 Å². The summed E-state index contributed by atoms with van der Waals surface area (Å²) >= 11 is 6.18. The van der Waals surface area contributed by atoms with Crippen molar-refractivity contribution >= 4 is 33.3 Å². The van der Waals surface area contributed by atoms with Crippen molar-refractivity contribution < 1.29 is 22.4 Å². The summed E-state index contributed by atoms with van der Waals surface area (Å²) in [6.45, 7) is 0.332. The third kappa shape index (κ3) is 5.17. The third-order valence-electron chi connectivity index (χ3n) is 4.11. The van der Waals surface area contributed by atoms with Gasteiger partial charge in [-0.25, -0.2) is 17.9 Å². The highest BCUT2D eigenvalue weighted by atomic mass is 35.5. The van der Waals surface area contributed by atoms with Gasteiger partial charge < -0.3 is 14.5 Å². The Morgan fingerprint density at radius 3 is 2.52 bits per heavy atom. The first-order valence-corrected chi connectivity index (χ1v) is 10.5. The lowest BCUT2D eigenvalue weighted by Crippen LogP contribution is -2.25. The number of furan rings is 1. The van der Waals surface area contributed by atoms with Gasteiger partial charge in [-0.2, -0.15) is 0 Å². The smallest absolute Gasteiger partial charge is 0.339 e. The van der Waals surface area contributed by atoms with E-state index in [9.17, 15) is 13.2 Å². The van der Waals surface area contributed by atoms with Gasteiger partial charge in [-0.3, -0.25) is 0 Å². The van der Waals surface area contributed by atoms with Crippen LogP contribution in [0.1, 0.15) is 21.7 Å². The Bertz CT molecular complexity index is 1080. The molecule has 1 aromatic heterocycles. The molecule has 0 aliphatic carbocycles. The molecule has 9 heteroatoms. The van der Waals surface area contributed by atoms with E-state index in [4.69, 9.17) is 20.8 Å². The number of benzene rings is 2. The molecular weight excluding hydrogens is 416 g/mol. The van der Waals surface area contributed by atoms with E-state index in [0.29, 0.717) is 5.76 Å². The van der Waals surface area contributed by atoms with Crippen molar-refractivity contribution in [3.63, 3.8) is 0 Å². The summed E-state index contributed by atoms with van der Waals surface area (Å²) in [5.41, 5.74) is 0.987. The number of anilines is 1. The van der Waals surface area contributed by atoms with Crippen molar-refractivity contribution in [2.24, 2.45) is 0 Å². The molecule has 2 N–H and O–H groups in total. The Kier molecular flexibility index (Phi) is 6.58. The molecule has 0 saturated carbocycles. The molecular formula is C20H19ClN2O5S. The molecule has 0 atom stereocenters. The predicted octanol–water partition coefficient (Wildman–Crippen LogP) is 3.81. The van der Waals surface area contributed by atoms with Gasteiger partial charge in [0.05, 0.1) is 36.2 Å². The van der Waals surface area contributed by atoms with E-state index in [1.807, 2.05) is 18.2 Å². The fourth-order valence-corrected chi connectivity index (χ4v) is 4.07. The standard InChI is InChI=1S/C20H19ClN2O5S/c1-27-20(24)16-10-19(29(25,26)23-12-14-6-3-2-4-7-14)18(11-17(16)21)22-13-15-8-5-9-28-15/h2-11,22-23H,12-13H2,1H3. The third-order valence-corrected chi connectivity index (χ3v) is 5.86. The largest absolute Gasteiger partial charge is 0.467 e. The quantitative estimate of drug-likeness (QED) is 0.523. The SMILES string of the molecule is COC(=O)c1cc(S(=O)(=O)NCc2ccccc2)c(NCc2ccco2)cc1Cl. The summed E-state index contributed by atoms with van der Waals surface area (Å²) in [5.74, 6) is -0.120. The van der Waals surface area contributed by atoms with Gasteiger partial charge in [-0.15, -0.1) is 0 Å². The maximum Gasteiger partial charge on any atom is 0.339 e. The molecule has 0 aliphatic heterocycles. The van der Waals surface area contributed by atoms with E-state index >= 15 is 0 Å². The Morgan fingerprint density at radius 2 is 1.86 bits per heavy atom. The first-order valence-electron chi connectivity index (χ1n) is 8.62. The maximum absolute atomic E-state index is 13.0. The lowest BCUT2D eigenvalue weighted by atomic mass is 10.2. The minimum atomic E-state index is -3.97. The molecule has 0 fully saturated rings. The van der Waals surface area contributed by atoms with Crippen LogP contribution in [-0.4, -0.2) is 21.5 Å². The van der Waals surface area contributed by atoms with Gasteiger partial charge in [-0.1, -0.05) is 41.9 Å². The average molecular weight is 435 g/mol. The molecule has 0 saturated heterocycles.